The minimum absolute atomic E-state index is 0.00893. The van der Waals surface area contributed by atoms with Crippen molar-refractivity contribution < 1.29 is 19.2 Å². The summed E-state index contributed by atoms with van der Waals surface area (Å²) in [6, 6.07) is 8.84. The number of fused-ring (bicyclic) bond motifs is 1. The van der Waals surface area contributed by atoms with Gasteiger partial charge in [-0.1, -0.05) is 30.3 Å². The van der Waals surface area contributed by atoms with Crippen LogP contribution >= 0.6 is 23.5 Å². The normalized spacial score (nSPS) is 27.8. The van der Waals surface area contributed by atoms with Crippen LogP contribution in [-0.2, 0) is 14.4 Å². The summed E-state index contributed by atoms with van der Waals surface area (Å²) >= 11 is 2.53. The van der Waals surface area contributed by atoms with Gasteiger partial charge >= 0.3 is 0 Å². The van der Waals surface area contributed by atoms with Gasteiger partial charge in [0.2, 0.25) is 11.8 Å². The van der Waals surface area contributed by atoms with Crippen LogP contribution in [0.5, 0.6) is 0 Å². The molecular weight excluding hydrogens is 410 g/mol. The third-order valence-corrected chi connectivity index (χ3v) is 7.77. The first-order valence-electron chi connectivity index (χ1n) is 9.43. The molecule has 29 heavy (non-hydrogen) atoms. The van der Waals surface area contributed by atoms with Crippen LogP contribution in [-0.4, -0.2) is 62.5 Å². The van der Waals surface area contributed by atoms with Crippen molar-refractivity contribution in [2.45, 2.75) is 30.7 Å². The third kappa shape index (κ3) is 3.81. The summed E-state index contributed by atoms with van der Waals surface area (Å²) < 4.78 is 0. The summed E-state index contributed by atoms with van der Waals surface area (Å²) in [6.45, 7) is 2.26. The molecule has 152 valence electrons. The van der Waals surface area contributed by atoms with E-state index in [0.717, 1.165) is 28.6 Å². The number of hydrogen-bond donors (Lipinski definition) is 1. The van der Waals surface area contributed by atoms with Crippen molar-refractivity contribution >= 4 is 52.6 Å². The van der Waals surface area contributed by atoms with Crippen molar-refractivity contribution in [2.75, 3.05) is 18.8 Å². The Morgan fingerprint density at radius 1 is 1.28 bits per heavy atom. The van der Waals surface area contributed by atoms with Crippen LogP contribution in [0.25, 0.3) is 6.08 Å². The summed E-state index contributed by atoms with van der Waals surface area (Å²) in [5.41, 5.74) is 0.850. The van der Waals surface area contributed by atoms with Gasteiger partial charge in [0, 0.05) is 25.3 Å². The molecule has 4 rings (SSSR count). The fourth-order valence-corrected chi connectivity index (χ4v) is 6.11. The zero-order valence-electron chi connectivity index (χ0n) is 15.9. The SMILES string of the molecule is CC12CCC(=O)N1C(C(=O)NCCN1C(=O)SC(=Cc3ccccc3)C1=O)CS2. The largest absolute Gasteiger partial charge is 0.352 e. The lowest BCUT2D eigenvalue weighted by Crippen LogP contribution is -2.51. The fraction of sp³-hybridized carbons (Fsp3) is 0.400. The molecule has 3 heterocycles. The van der Waals surface area contributed by atoms with Crippen molar-refractivity contribution in [3.05, 3.63) is 40.8 Å². The molecule has 3 aliphatic heterocycles. The highest BCUT2D eigenvalue weighted by Crippen LogP contribution is 2.47. The second-order valence-electron chi connectivity index (χ2n) is 7.30. The Balaban J connectivity index is 1.33. The van der Waals surface area contributed by atoms with Crippen LogP contribution in [0, 0.1) is 0 Å². The number of benzene rings is 1. The zero-order chi connectivity index (χ0) is 20.6. The van der Waals surface area contributed by atoms with Gasteiger partial charge in [-0.05, 0) is 36.7 Å². The van der Waals surface area contributed by atoms with Gasteiger partial charge in [0.15, 0.2) is 0 Å². The summed E-state index contributed by atoms with van der Waals surface area (Å²) in [5.74, 6) is -0.00938. The number of thioether (sulfide) groups is 2. The number of nitrogens with zero attached hydrogens (tertiary/aromatic N) is 2. The van der Waals surface area contributed by atoms with E-state index in [4.69, 9.17) is 0 Å². The number of amides is 4. The number of imide groups is 1. The van der Waals surface area contributed by atoms with E-state index in [9.17, 15) is 19.2 Å². The quantitative estimate of drug-likeness (QED) is 0.720. The predicted molar refractivity (Wildman–Crippen MR) is 113 cm³/mol. The molecule has 2 atom stereocenters. The molecule has 9 heteroatoms. The molecule has 1 aromatic carbocycles. The van der Waals surface area contributed by atoms with Gasteiger partial charge in [-0.25, -0.2) is 0 Å². The first kappa shape index (κ1) is 20.0. The van der Waals surface area contributed by atoms with Gasteiger partial charge < -0.3 is 10.2 Å². The fourth-order valence-electron chi connectivity index (χ4n) is 3.82. The second-order valence-corrected chi connectivity index (χ2v) is 9.80. The molecule has 2 unspecified atom stereocenters. The number of carbonyl (C=O) groups excluding carboxylic acids is 4. The number of carbonyl (C=O) groups is 4. The maximum Gasteiger partial charge on any atom is 0.293 e. The molecule has 3 saturated heterocycles. The van der Waals surface area contributed by atoms with E-state index < -0.39 is 6.04 Å². The smallest absolute Gasteiger partial charge is 0.293 e. The van der Waals surface area contributed by atoms with Gasteiger partial charge in [-0.15, -0.1) is 11.8 Å². The van der Waals surface area contributed by atoms with Crippen molar-refractivity contribution in [3.8, 4) is 0 Å². The highest BCUT2D eigenvalue weighted by Gasteiger charge is 2.52. The number of hydrogen-bond acceptors (Lipinski definition) is 6. The number of nitrogens with one attached hydrogen (secondary N) is 1. The van der Waals surface area contributed by atoms with Crippen molar-refractivity contribution in [3.63, 3.8) is 0 Å². The number of rotatable bonds is 5. The van der Waals surface area contributed by atoms with Gasteiger partial charge in [0.05, 0.1) is 9.78 Å². The second kappa shape index (κ2) is 7.87. The molecule has 1 aromatic rings. The Kier molecular flexibility index (Phi) is 5.44. The molecule has 3 aliphatic rings. The van der Waals surface area contributed by atoms with Crippen LogP contribution in [0.3, 0.4) is 0 Å². The topological polar surface area (TPSA) is 86.8 Å². The highest BCUT2D eigenvalue weighted by atomic mass is 32.2. The van der Waals surface area contributed by atoms with Gasteiger partial charge in [-0.3, -0.25) is 24.1 Å². The van der Waals surface area contributed by atoms with E-state index in [1.807, 2.05) is 37.3 Å². The molecule has 7 nitrogen and oxygen atoms in total. The van der Waals surface area contributed by atoms with Crippen LogP contribution in [0.15, 0.2) is 35.2 Å². The zero-order valence-corrected chi connectivity index (χ0v) is 17.6. The Hall–Kier alpha value is -2.26. The Labute approximate surface area is 177 Å². The minimum Gasteiger partial charge on any atom is -0.352 e. The van der Waals surface area contributed by atoms with Crippen LogP contribution < -0.4 is 5.32 Å². The Morgan fingerprint density at radius 2 is 2.03 bits per heavy atom. The summed E-state index contributed by atoms with van der Waals surface area (Å²) in [7, 11) is 0. The maximum absolute atomic E-state index is 12.6. The summed E-state index contributed by atoms with van der Waals surface area (Å²) in [6.07, 6.45) is 2.92. The minimum atomic E-state index is -0.493. The molecule has 0 bridgehead atoms. The molecule has 0 spiro atoms. The molecule has 4 amide bonds. The lowest BCUT2D eigenvalue weighted by Gasteiger charge is -2.29. The predicted octanol–water partition coefficient (Wildman–Crippen LogP) is 2.29. The van der Waals surface area contributed by atoms with E-state index in [1.165, 1.54) is 0 Å². The van der Waals surface area contributed by atoms with E-state index in [1.54, 1.807) is 22.7 Å². The summed E-state index contributed by atoms with van der Waals surface area (Å²) in [5, 5.41) is 2.44. The van der Waals surface area contributed by atoms with Crippen molar-refractivity contribution in [2.24, 2.45) is 0 Å². The molecule has 0 aliphatic carbocycles. The van der Waals surface area contributed by atoms with Crippen molar-refractivity contribution in [1.29, 1.82) is 0 Å². The lowest BCUT2D eigenvalue weighted by atomic mass is 10.2. The molecule has 0 saturated carbocycles. The van der Waals surface area contributed by atoms with E-state index >= 15 is 0 Å². The van der Waals surface area contributed by atoms with Gasteiger partial charge in [0.1, 0.15) is 6.04 Å². The Morgan fingerprint density at radius 3 is 2.79 bits per heavy atom. The molecule has 0 aromatic heterocycles. The summed E-state index contributed by atoms with van der Waals surface area (Å²) in [4.78, 5) is 52.4. The van der Waals surface area contributed by atoms with Crippen LogP contribution in [0.4, 0.5) is 4.79 Å². The Bertz CT molecular complexity index is 904. The van der Waals surface area contributed by atoms with E-state index in [0.29, 0.717) is 17.1 Å². The molecular formula is C20H21N3O4S2. The first-order valence-corrected chi connectivity index (χ1v) is 11.2. The van der Waals surface area contributed by atoms with Gasteiger partial charge in [0.25, 0.3) is 11.1 Å². The average Bonchev–Trinajstić information content (AvgIpc) is 3.29. The third-order valence-electron chi connectivity index (χ3n) is 5.35. The monoisotopic (exact) mass is 431 g/mol. The van der Waals surface area contributed by atoms with Crippen LogP contribution in [0.1, 0.15) is 25.3 Å². The van der Waals surface area contributed by atoms with Crippen LogP contribution in [0.2, 0.25) is 0 Å². The molecule has 0 radical (unpaired) electrons. The van der Waals surface area contributed by atoms with E-state index in [-0.39, 0.29) is 40.9 Å². The average molecular weight is 432 g/mol. The van der Waals surface area contributed by atoms with Gasteiger partial charge in [-0.2, -0.15) is 0 Å². The van der Waals surface area contributed by atoms with Crippen molar-refractivity contribution in [1.82, 2.24) is 15.1 Å². The molecule has 3 fully saturated rings. The molecule has 1 N–H and O–H groups in total. The lowest BCUT2D eigenvalue weighted by molar-refractivity contribution is -0.137. The van der Waals surface area contributed by atoms with E-state index in [2.05, 4.69) is 5.32 Å². The first-order chi connectivity index (χ1) is 13.9. The standard InChI is InChI=1S/C20H21N3O4S2/c1-20-8-7-16(24)23(20)14(12-28-20)17(25)21-9-10-22-18(26)15(29-19(22)27)11-13-5-3-2-4-6-13/h2-6,11,14H,7-10,12H2,1H3,(H,21,25). The highest BCUT2D eigenvalue weighted by molar-refractivity contribution is 8.18. The maximum atomic E-state index is 12.6.